The maximum absolute atomic E-state index is 11.9. The number of rotatable bonds is 5. The molecule has 1 aromatic heterocycles. The summed E-state index contributed by atoms with van der Waals surface area (Å²) >= 11 is 0. The van der Waals surface area contributed by atoms with E-state index in [1.165, 1.54) is 5.56 Å². The Bertz CT molecular complexity index is 690. The van der Waals surface area contributed by atoms with Gasteiger partial charge < -0.3 is 9.42 Å². The van der Waals surface area contributed by atoms with Gasteiger partial charge >= 0.3 is 0 Å². The summed E-state index contributed by atoms with van der Waals surface area (Å²) in [5.74, 6) is 1.52. The zero-order chi connectivity index (χ0) is 16.9. The molecule has 0 bridgehead atoms. The molecule has 0 radical (unpaired) electrons. The molecule has 1 amide bonds. The number of carbonyl (C=O) groups excluding carboxylic acids is 1. The zero-order valence-electron chi connectivity index (χ0n) is 14.4. The lowest BCUT2D eigenvalue weighted by Crippen LogP contribution is -2.48. The van der Waals surface area contributed by atoms with E-state index in [0.717, 1.165) is 38.2 Å². The van der Waals surface area contributed by atoms with Crippen LogP contribution in [-0.4, -0.2) is 52.0 Å². The van der Waals surface area contributed by atoms with Crippen molar-refractivity contribution in [3.05, 3.63) is 35.7 Å². The summed E-state index contributed by atoms with van der Waals surface area (Å²) in [6.45, 7) is 8.00. The number of carbonyl (C=O) groups is 1. The van der Waals surface area contributed by atoms with Crippen LogP contribution in [-0.2, 0) is 11.3 Å². The van der Waals surface area contributed by atoms with Crippen LogP contribution < -0.4 is 0 Å². The maximum Gasteiger partial charge on any atom is 0.257 e. The number of aryl methyl sites for hydroxylation is 1. The molecule has 1 aliphatic rings. The Hall–Kier alpha value is -2.21. The van der Waals surface area contributed by atoms with E-state index in [4.69, 9.17) is 4.52 Å². The van der Waals surface area contributed by atoms with Crippen molar-refractivity contribution in [2.24, 2.45) is 0 Å². The van der Waals surface area contributed by atoms with Gasteiger partial charge in [-0.05, 0) is 25.5 Å². The first-order valence-electron chi connectivity index (χ1n) is 8.55. The van der Waals surface area contributed by atoms with Crippen LogP contribution in [0.25, 0.3) is 11.5 Å². The van der Waals surface area contributed by atoms with Gasteiger partial charge in [0.25, 0.3) is 5.89 Å². The molecule has 3 rings (SSSR count). The molecular weight excluding hydrogens is 304 g/mol. The number of piperazine rings is 1. The SMILES string of the molecule is CCCC(=O)N1CCN(Cc2noc(-c3cccc(C)c3)n2)CC1. The molecule has 0 unspecified atom stereocenters. The quantitative estimate of drug-likeness (QED) is 0.844. The largest absolute Gasteiger partial charge is 0.340 e. The first-order chi connectivity index (χ1) is 11.7. The summed E-state index contributed by atoms with van der Waals surface area (Å²) in [5.41, 5.74) is 2.11. The molecule has 6 heteroatoms. The third-order valence-corrected chi connectivity index (χ3v) is 4.29. The van der Waals surface area contributed by atoms with E-state index in [1.807, 2.05) is 43.0 Å². The molecule has 2 aromatic rings. The number of amides is 1. The summed E-state index contributed by atoms with van der Waals surface area (Å²) < 4.78 is 5.39. The van der Waals surface area contributed by atoms with Crippen LogP contribution in [0.1, 0.15) is 31.2 Å². The minimum Gasteiger partial charge on any atom is -0.340 e. The van der Waals surface area contributed by atoms with Crippen LogP contribution in [0.3, 0.4) is 0 Å². The van der Waals surface area contributed by atoms with Crippen LogP contribution >= 0.6 is 0 Å². The molecule has 6 nitrogen and oxygen atoms in total. The zero-order valence-corrected chi connectivity index (χ0v) is 14.4. The molecule has 0 N–H and O–H groups in total. The Labute approximate surface area is 142 Å². The van der Waals surface area contributed by atoms with E-state index in [0.29, 0.717) is 24.7 Å². The van der Waals surface area contributed by atoms with Gasteiger partial charge in [-0.15, -0.1) is 0 Å². The van der Waals surface area contributed by atoms with Crippen molar-refractivity contribution in [2.75, 3.05) is 26.2 Å². The summed E-state index contributed by atoms with van der Waals surface area (Å²) in [5, 5.41) is 4.09. The van der Waals surface area contributed by atoms with Crippen molar-refractivity contribution in [3.8, 4) is 11.5 Å². The molecule has 1 aliphatic heterocycles. The molecule has 0 atom stereocenters. The Balaban J connectivity index is 1.56. The highest BCUT2D eigenvalue weighted by atomic mass is 16.5. The van der Waals surface area contributed by atoms with Crippen LogP contribution in [0.2, 0.25) is 0 Å². The van der Waals surface area contributed by atoms with Gasteiger partial charge in [-0.2, -0.15) is 4.98 Å². The average Bonchev–Trinajstić information content (AvgIpc) is 3.04. The Morgan fingerprint density at radius 3 is 2.75 bits per heavy atom. The van der Waals surface area contributed by atoms with E-state index in [-0.39, 0.29) is 5.91 Å². The number of hydrogen-bond donors (Lipinski definition) is 0. The minimum atomic E-state index is 0.262. The van der Waals surface area contributed by atoms with Gasteiger partial charge in [-0.25, -0.2) is 0 Å². The molecule has 24 heavy (non-hydrogen) atoms. The third-order valence-electron chi connectivity index (χ3n) is 4.29. The molecule has 0 spiro atoms. The lowest BCUT2D eigenvalue weighted by molar-refractivity contribution is -0.133. The second-order valence-corrected chi connectivity index (χ2v) is 6.29. The smallest absolute Gasteiger partial charge is 0.257 e. The lowest BCUT2D eigenvalue weighted by atomic mass is 10.1. The van der Waals surface area contributed by atoms with Gasteiger partial charge in [0.1, 0.15) is 0 Å². The number of aromatic nitrogens is 2. The third kappa shape index (κ3) is 4.00. The highest BCUT2D eigenvalue weighted by Crippen LogP contribution is 2.19. The second kappa shape index (κ2) is 7.57. The summed E-state index contributed by atoms with van der Waals surface area (Å²) in [4.78, 5) is 20.6. The topological polar surface area (TPSA) is 62.5 Å². The summed E-state index contributed by atoms with van der Waals surface area (Å²) in [6.07, 6.45) is 1.55. The van der Waals surface area contributed by atoms with Gasteiger partial charge in [0.2, 0.25) is 5.91 Å². The fraction of sp³-hybridized carbons (Fsp3) is 0.500. The lowest BCUT2D eigenvalue weighted by Gasteiger charge is -2.34. The number of nitrogens with zero attached hydrogens (tertiary/aromatic N) is 4. The predicted molar refractivity (Wildman–Crippen MR) is 91.2 cm³/mol. The Kier molecular flexibility index (Phi) is 5.25. The van der Waals surface area contributed by atoms with Gasteiger partial charge in [0.05, 0.1) is 6.54 Å². The van der Waals surface area contributed by atoms with E-state index in [9.17, 15) is 4.79 Å². The van der Waals surface area contributed by atoms with Crippen molar-refractivity contribution >= 4 is 5.91 Å². The fourth-order valence-electron chi connectivity index (χ4n) is 2.94. The highest BCUT2D eigenvalue weighted by Gasteiger charge is 2.21. The van der Waals surface area contributed by atoms with Gasteiger partial charge in [-0.1, -0.05) is 29.8 Å². The summed E-state index contributed by atoms with van der Waals surface area (Å²) in [6, 6.07) is 8.04. The monoisotopic (exact) mass is 328 g/mol. The normalized spacial score (nSPS) is 15.7. The van der Waals surface area contributed by atoms with Crippen molar-refractivity contribution in [3.63, 3.8) is 0 Å². The first kappa shape index (κ1) is 16.6. The van der Waals surface area contributed by atoms with Gasteiger partial charge in [0, 0.05) is 38.2 Å². The molecule has 0 saturated carbocycles. The van der Waals surface area contributed by atoms with Crippen LogP contribution in [0.15, 0.2) is 28.8 Å². The fourth-order valence-corrected chi connectivity index (χ4v) is 2.94. The minimum absolute atomic E-state index is 0.262. The van der Waals surface area contributed by atoms with Crippen molar-refractivity contribution < 1.29 is 9.32 Å². The number of hydrogen-bond acceptors (Lipinski definition) is 5. The molecule has 2 heterocycles. The predicted octanol–water partition coefficient (Wildman–Crippen LogP) is 2.49. The number of benzene rings is 1. The van der Waals surface area contributed by atoms with Crippen LogP contribution in [0, 0.1) is 6.92 Å². The van der Waals surface area contributed by atoms with Crippen LogP contribution in [0.5, 0.6) is 0 Å². The summed E-state index contributed by atoms with van der Waals surface area (Å²) in [7, 11) is 0. The second-order valence-electron chi connectivity index (χ2n) is 6.29. The van der Waals surface area contributed by atoms with E-state index < -0.39 is 0 Å². The Morgan fingerprint density at radius 1 is 1.25 bits per heavy atom. The maximum atomic E-state index is 11.9. The molecular formula is C18H24N4O2. The molecule has 128 valence electrons. The van der Waals surface area contributed by atoms with Gasteiger partial charge in [0.15, 0.2) is 5.82 Å². The van der Waals surface area contributed by atoms with E-state index >= 15 is 0 Å². The molecule has 1 aromatic carbocycles. The first-order valence-corrected chi connectivity index (χ1v) is 8.55. The molecule has 1 fully saturated rings. The van der Waals surface area contributed by atoms with Crippen LogP contribution in [0.4, 0.5) is 0 Å². The standard InChI is InChI=1S/C18H24N4O2/c1-3-5-17(23)22-10-8-21(9-11-22)13-16-19-18(24-20-16)15-7-4-6-14(2)12-15/h4,6-7,12H,3,5,8-11,13H2,1-2H3. The van der Waals surface area contributed by atoms with E-state index in [2.05, 4.69) is 15.0 Å². The van der Waals surface area contributed by atoms with Crippen molar-refractivity contribution in [2.45, 2.75) is 33.2 Å². The molecule has 1 saturated heterocycles. The van der Waals surface area contributed by atoms with E-state index in [1.54, 1.807) is 0 Å². The molecule has 0 aliphatic carbocycles. The highest BCUT2D eigenvalue weighted by molar-refractivity contribution is 5.76. The Morgan fingerprint density at radius 2 is 2.04 bits per heavy atom. The average molecular weight is 328 g/mol. The van der Waals surface area contributed by atoms with Crippen molar-refractivity contribution in [1.82, 2.24) is 19.9 Å². The van der Waals surface area contributed by atoms with Gasteiger partial charge in [-0.3, -0.25) is 9.69 Å². The van der Waals surface area contributed by atoms with Crippen molar-refractivity contribution in [1.29, 1.82) is 0 Å².